The Hall–Kier alpha value is -4.43. The Labute approximate surface area is 193 Å². The standard InChI is InChI=1S/C28H23N5/c1-3-23-17-28(33-27(30-23)18-26(31-33)21-9-5-4-6-10-21)32(2)24-15-13-20(14-16-24)25-12-8-7-11-22(25)19-29/h4-18H,3H2,1-2H3. The monoisotopic (exact) mass is 429 g/mol. The van der Waals surface area contributed by atoms with Crippen molar-refractivity contribution >= 4 is 17.2 Å². The molecule has 0 aliphatic rings. The molecule has 5 rings (SSSR count). The first-order valence-electron chi connectivity index (χ1n) is 11.0. The number of hydrogen-bond donors (Lipinski definition) is 0. The summed E-state index contributed by atoms with van der Waals surface area (Å²) in [6.07, 6.45) is 0.840. The average molecular weight is 430 g/mol. The highest BCUT2D eigenvalue weighted by atomic mass is 15.3. The summed E-state index contributed by atoms with van der Waals surface area (Å²) in [7, 11) is 2.04. The van der Waals surface area contributed by atoms with Crippen LogP contribution in [0.5, 0.6) is 0 Å². The van der Waals surface area contributed by atoms with Crippen LogP contribution in [0.3, 0.4) is 0 Å². The van der Waals surface area contributed by atoms with Gasteiger partial charge in [0.1, 0.15) is 5.82 Å². The third kappa shape index (κ3) is 3.83. The van der Waals surface area contributed by atoms with E-state index in [1.165, 1.54) is 0 Å². The van der Waals surface area contributed by atoms with Gasteiger partial charge in [0.25, 0.3) is 0 Å². The van der Waals surface area contributed by atoms with E-state index in [-0.39, 0.29) is 0 Å². The van der Waals surface area contributed by atoms with Crippen molar-refractivity contribution in [3.8, 4) is 28.5 Å². The lowest BCUT2D eigenvalue weighted by atomic mass is 10.0. The van der Waals surface area contributed by atoms with Crippen LogP contribution in [0.15, 0.2) is 91.0 Å². The smallest absolute Gasteiger partial charge is 0.158 e. The molecule has 0 unspecified atom stereocenters. The molecular weight excluding hydrogens is 406 g/mol. The number of aromatic nitrogens is 3. The molecule has 33 heavy (non-hydrogen) atoms. The van der Waals surface area contributed by atoms with E-state index in [4.69, 9.17) is 10.1 Å². The second kappa shape index (κ2) is 8.60. The summed E-state index contributed by atoms with van der Waals surface area (Å²) < 4.78 is 1.90. The molecule has 2 aromatic heterocycles. The Balaban J connectivity index is 1.56. The maximum atomic E-state index is 9.43. The first-order chi connectivity index (χ1) is 16.2. The molecule has 5 aromatic rings. The summed E-state index contributed by atoms with van der Waals surface area (Å²) in [4.78, 5) is 6.91. The normalized spacial score (nSPS) is 10.8. The summed E-state index contributed by atoms with van der Waals surface area (Å²) in [6.45, 7) is 2.11. The molecule has 5 nitrogen and oxygen atoms in total. The van der Waals surface area contributed by atoms with Gasteiger partial charge in [0.15, 0.2) is 5.65 Å². The topological polar surface area (TPSA) is 57.2 Å². The summed E-state index contributed by atoms with van der Waals surface area (Å²) >= 11 is 0. The van der Waals surface area contributed by atoms with Gasteiger partial charge in [-0.1, -0.05) is 67.6 Å². The highest BCUT2D eigenvalue weighted by Gasteiger charge is 2.15. The average Bonchev–Trinajstić information content (AvgIpc) is 3.32. The maximum Gasteiger partial charge on any atom is 0.158 e. The van der Waals surface area contributed by atoms with E-state index in [2.05, 4.69) is 60.4 Å². The molecule has 0 bridgehead atoms. The summed E-state index contributed by atoms with van der Waals surface area (Å²) in [5.41, 5.74) is 7.46. The van der Waals surface area contributed by atoms with Crippen molar-refractivity contribution < 1.29 is 0 Å². The third-order valence-corrected chi connectivity index (χ3v) is 5.85. The number of benzene rings is 3. The fourth-order valence-corrected chi connectivity index (χ4v) is 4.01. The molecule has 0 fully saturated rings. The predicted octanol–water partition coefficient (Wildman–Crippen LogP) is 6.27. The van der Waals surface area contributed by atoms with Crippen LogP contribution in [0.2, 0.25) is 0 Å². The Morgan fingerprint density at radius 3 is 2.33 bits per heavy atom. The van der Waals surface area contributed by atoms with E-state index in [0.29, 0.717) is 5.56 Å². The molecule has 5 heteroatoms. The lowest BCUT2D eigenvalue weighted by molar-refractivity contribution is 0.893. The molecule has 0 spiro atoms. The van der Waals surface area contributed by atoms with E-state index in [9.17, 15) is 5.26 Å². The lowest BCUT2D eigenvalue weighted by Crippen LogP contribution is -2.15. The van der Waals surface area contributed by atoms with E-state index < -0.39 is 0 Å². The van der Waals surface area contributed by atoms with Crippen LogP contribution in [0.25, 0.3) is 28.0 Å². The fraction of sp³-hybridized carbons (Fsp3) is 0.107. The summed E-state index contributed by atoms with van der Waals surface area (Å²) in [6, 6.07) is 32.5. The minimum absolute atomic E-state index is 0.673. The Morgan fingerprint density at radius 1 is 0.879 bits per heavy atom. The number of fused-ring (bicyclic) bond motifs is 1. The minimum atomic E-state index is 0.673. The molecule has 0 saturated heterocycles. The Bertz CT molecular complexity index is 1460. The highest BCUT2D eigenvalue weighted by molar-refractivity contribution is 5.74. The van der Waals surface area contributed by atoms with Gasteiger partial charge in [0.05, 0.1) is 17.3 Å². The quantitative estimate of drug-likeness (QED) is 0.331. The van der Waals surface area contributed by atoms with Gasteiger partial charge in [-0.25, -0.2) is 4.98 Å². The molecule has 0 amide bonds. The van der Waals surface area contributed by atoms with Crippen molar-refractivity contribution in [3.05, 3.63) is 102 Å². The number of nitrogens with zero attached hydrogens (tertiary/aromatic N) is 5. The van der Waals surface area contributed by atoms with E-state index >= 15 is 0 Å². The van der Waals surface area contributed by atoms with Gasteiger partial charge < -0.3 is 4.90 Å². The summed E-state index contributed by atoms with van der Waals surface area (Å²) in [5, 5.41) is 14.3. The van der Waals surface area contributed by atoms with Crippen LogP contribution in [0.4, 0.5) is 11.5 Å². The molecule has 0 N–H and O–H groups in total. The SMILES string of the molecule is CCc1cc(N(C)c2ccc(-c3ccccc3C#N)cc2)n2nc(-c3ccccc3)cc2n1. The third-order valence-electron chi connectivity index (χ3n) is 5.85. The van der Waals surface area contributed by atoms with Gasteiger partial charge in [0.2, 0.25) is 0 Å². The predicted molar refractivity (Wildman–Crippen MR) is 132 cm³/mol. The van der Waals surface area contributed by atoms with E-state index in [1.807, 2.05) is 60.1 Å². The maximum absolute atomic E-state index is 9.43. The molecule has 0 radical (unpaired) electrons. The van der Waals surface area contributed by atoms with Crippen molar-refractivity contribution in [2.45, 2.75) is 13.3 Å². The van der Waals surface area contributed by atoms with E-state index in [1.54, 1.807) is 0 Å². The first-order valence-corrected chi connectivity index (χ1v) is 11.0. The first kappa shape index (κ1) is 20.5. The van der Waals surface area contributed by atoms with Crippen LogP contribution in [0, 0.1) is 11.3 Å². The molecule has 0 aliphatic carbocycles. The molecule has 2 heterocycles. The van der Waals surface area contributed by atoms with Crippen molar-refractivity contribution in [3.63, 3.8) is 0 Å². The van der Waals surface area contributed by atoms with Gasteiger partial charge >= 0.3 is 0 Å². The van der Waals surface area contributed by atoms with E-state index in [0.717, 1.165) is 51.7 Å². The molecule has 0 saturated carbocycles. The largest absolute Gasteiger partial charge is 0.329 e. The number of aryl methyl sites for hydroxylation is 1. The van der Waals surface area contributed by atoms with Gasteiger partial charge in [-0.15, -0.1) is 0 Å². The van der Waals surface area contributed by atoms with Gasteiger partial charge in [0, 0.05) is 36.1 Å². The zero-order valence-corrected chi connectivity index (χ0v) is 18.6. The zero-order chi connectivity index (χ0) is 22.8. The second-order valence-corrected chi connectivity index (χ2v) is 7.89. The summed E-state index contributed by atoms with van der Waals surface area (Å²) in [5.74, 6) is 0.948. The lowest BCUT2D eigenvalue weighted by Gasteiger charge is -2.21. The molecule has 0 aliphatic heterocycles. The number of anilines is 2. The van der Waals surface area contributed by atoms with Crippen molar-refractivity contribution in [2.75, 3.05) is 11.9 Å². The Morgan fingerprint density at radius 2 is 1.61 bits per heavy atom. The van der Waals surface area contributed by atoms with Gasteiger partial charge in [-0.2, -0.15) is 14.9 Å². The van der Waals surface area contributed by atoms with Crippen LogP contribution in [0.1, 0.15) is 18.2 Å². The van der Waals surface area contributed by atoms with Gasteiger partial charge in [-0.3, -0.25) is 0 Å². The minimum Gasteiger partial charge on any atom is -0.329 e. The van der Waals surface area contributed by atoms with Crippen molar-refractivity contribution in [1.82, 2.24) is 14.6 Å². The number of rotatable bonds is 5. The number of hydrogen-bond acceptors (Lipinski definition) is 4. The molecule has 0 atom stereocenters. The number of nitriles is 1. The molecule has 160 valence electrons. The van der Waals surface area contributed by atoms with Crippen molar-refractivity contribution in [2.24, 2.45) is 0 Å². The second-order valence-electron chi connectivity index (χ2n) is 7.89. The van der Waals surface area contributed by atoms with Crippen LogP contribution >= 0.6 is 0 Å². The van der Waals surface area contributed by atoms with Crippen LogP contribution in [-0.4, -0.2) is 21.6 Å². The zero-order valence-electron chi connectivity index (χ0n) is 18.6. The van der Waals surface area contributed by atoms with Crippen molar-refractivity contribution in [1.29, 1.82) is 5.26 Å². The molecular formula is C28H23N5. The van der Waals surface area contributed by atoms with Crippen LogP contribution in [-0.2, 0) is 6.42 Å². The Kier molecular flexibility index (Phi) is 5.34. The van der Waals surface area contributed by atoms with Gasteiger partial charge in [-0.05, 0) is 35.7 Å². The highest BCUT2D eigenvalue weighted by Crippen LogP contribution is 2.30. The molecule has 3 aromatic carbocycles. The fourth-order valence-electron chi connectivity index (χ4n) is 4.01. The van der Waals surface area contributed by atoms with Crippen LogP contribution < -0.4 is 4.90 Å².